The first-order chi connectivity index (χ1) is 17.8. The highest BCUT2D eigenvalue weighted by Crippen LogP contribution is 2.28. The van der Waals surface area contributed by atoms with Crippen LogP contribution in [0.25, 0.3) is 10.9 Å². The monoisotopic (exact) mass is 495 g/mol. The molecule has 0 saturated carbocycles. The number of amides is 1. The van der Waals surface area contributed by atoms with E-state index in [2.05, 4.69) is 62.3 Å². The molecule has 1 unspecified atom stereocenters. The molecule has 0 aliphatic carbocycles. The number of carbonyl (C=O) groups is 1. The second-order valence-corrected chi connectivity index (χ2v) is 10.8. The van der Waals surface area contributed by atoms with Crippen LogP contribution in [0.4, 0.5) is 0 Å². The van der Waals surface area contributed by atoms with Crippen molar-refractivity contribution in [1.82, 2.24) is 9.88 Å². The third-order valence-electron chi connectivity index (χ3n) is 7.92. The van der Waals surface area contributed by atoms with Crippen molar-refractivity contribution < 1.29 is 9.53 Å². The maximum Gasteiger partial charge on any atom is 0.254 e. The van der Waals surface area contributed by atoms with Crippen molar-refractivity contribution in [3.05, 3.63) is 100 Å². The SMILES string of the molecule is Cc1ccc2c(c1C)CCN(CCC(C)(N)CCc1c[nH]c3ccc(OCc4ccccc4)cc13)C2=O. The molecule has 0 spiro atoms. The molecular formula is C32H37N3O2. The Morgan fingerprint density at radius 2 is 1.86 bits per heavy atom. The van der Waals surface area contributed by atoms with Crippen molar-refractivity contribution in [1.29, 1.82) is 0 Å². The number of ether oxygens (including phenoxy) is 1. The molecule has 0 bridgehead atoms. The van der Waals surface area contributed by atoms with Crippen LogP contribution in [-0.2, 0) is 19.4 Å². The predicted molar refractivity (Wildman–Crippen MR) is 150 cm³/mol. The van der Waals surface area contributed by atoms with Gasteiger partial charge in [0, 0.05) is 41.3 Å². The molecule has 3 N–H and O–H groups in total. The van der Waals surface area contributed by atoms with Gasteiger partial charge < -0.3 is 20.4 Å². The highest BCUT2D eigenvalue weighted by Gasteiger charge is 2.28. The van der Waals surface area contributed by atoms with Crippen molar-refractivity contribution in [2.24, 2.45) is 5.73 Å². The Labute approximate surface area is 219 Å². The van der Waals surface area contributed by atoms with Crippen LogP contribution in [0.5, 0.6) is 5.75 Å². The third-order valence-corrected chi connectivity index (χ3v) is 7.92. The minimum absolute atomic E-state index is 0.139. The summed E-state index contributed by atoms with van der Waals surface area (Å²) >= 11 is 0. The van der Waals surface area contributed by atoms with Gasteiger partial charge in [0.05, 0.1) is 0 Å². The molecule has 1 aromatic heterocycles. The largest absolute Gasteiger partial charge is 0.489 e. The predicted octanol–water partition coefficient (Wildman–Crippen LogP) is 6.10. The third kappa shape index (κ3) is 5.57. The van der Waals surface area contributed by atoms with E-state index in [4.69, 9.17) is 10.5 Å². The maximum absolute atomic E-state index is 13.1. The summed E-state index contributed by atoms with van der Waals surface area (Å²) in [5.41, 5.74) is 14.4. The molecule has 3 aromatic carbocycles. The fraction of sp³-hybridized carbons (Fsp3) is 0.344. The van der Waals surface area contributed by atoms with Crippen LogP contribution >= 0.6 is 0 Å². The van der Waals surface area contributed by atoms with Gasteiger partial charge >= 0.3 is 0 Å². The summed E-state index contributed by atoms with van der Waals surface area (Å²) in [6.45, 7) is 8.33. The Balaban J connectivity index is 1.19. The number of nitrogens with one attached hydrogen (secondary N) is 1. The van der Waals surface area contributed by atoms with E-state index in [-0.39, 0.29) is 11.4 Å². The quantitative estimate of drug-likeness (QED) is 0.295. The van der Waals surface area contributed by atoms with E-state index in [9.17, 15) is 4.79 Å². The number of carbonyl (C=O) groups excluding carboxylic acids is 1. The Morgan fingerprint density at radius 1 is 1.05 bits per heavy atom. The van der Waals surface area contributed by atoms with E-state index < -0.39 is 0 Å². The van der Waals surface area contributed by atoms with Crippen LogP contribution in [0, 0.1) is 13.8 Å². The molecule has 1 amide bonds. The standard InChI is InChI=1S/C32H37N3O2/c1-22-9-11-28-27(23(22)2)14-17-35(31(28)36)18-16-32(3,33)15-13-25-20-34-30-12-10-26(19-29(25)30)37-21-24-7-5-4-6-8-24/h4-12,19-20,34H,13-18,21,33H2,1-3H3. The molecule has 4 aromatic rings. The number of aromatic amines is 1. The summed E-state index contributed by atoms with van der Waals surface area (Å²) in [6, 6.07) is 20.4. The average molecular weight is 496 g/mol. The normalized spacial score (nSPS) is 15.0. The Bertz CT molecular complexity index is 1400. The van der Waals surface area contributed by atoms with Crippen LogP contribution < -0.4 is 10.5 Å². The van der Waals surface area contributed by atoms with Gasteiger partial charge in [-0.3, -0.25) is 4.79 Å². The van der Waals surface area contributed by atoms with Crippen molar-refractivity contribution in [3.63, 3.8) is 0 Å². The number of aromatic nitrogens is 1. The summed E-state index contributed by atoms with van der Waals surface area (Å²) in [6.07, 6.45) is 5.47. The molecule has 5 nitrogen and oxygen atoms in total. The van der Waals surface area contributed by atoms with Crippen LogP contribution in [-0.4, -0.2) is 34.4 Å². The second-order valence-electron chi connectivity index (χ2n) is 10.8. The van der Waals surface area contributed by atoms with E-state index in [1.54, 1.807) is 0 Å². The summed E-state index contributed by atoms with van der Waals surface area (Å²) in [5, 5.41) is 1.18. The van der Waals surface area contributed by atoms with E-state index in [0.717, 1.165) is 54.6 Å². The zero-order valence-electron chi connectivity index (χ0n) is 22.1. The lowest BCUT2D eigenvalue weighted by Crippen LogP contribution is -2.44. The lowest BCUT2D eigenvalue weighted by Gasteiger charge is -2.33. The Kier molecular flexibility index (Phi) is 7.07. The second kappa shape index (κ2) is 10.4. The fourth-order valence-corrected chi connectivity index (χ4v) is 5.26. The van der Waals surface area contributed by atoms with Crippen molar-refractivity contribution in [2.45, 2.75) is 58.6 Å². The van der Waals surface area contributed by atoms with Gasteiger partial charge in [0.15, 0.2) is 0 Å². The number of nitrogens with two attached hydrogens (primary N) is 1. The van der Waals surface area contributed by atoms with E-state index in [0.29, 0.717) is 13.2 Å². The molecule has 0 radical (unpaired) electrons. The molecule has 2 heterocycles. The van der Waals surface area contributed by atoms with E-state index in [1.807, 2.05) is 35.2 Å². The van der Waals surface area contributed by atoms with E-state index >= 15 is 0 Å². The molecule has 1 aliphatic heterocycles. The van der Waals surface area contributed by atoms with Gasteiger partial charge in [-0.25, -0.2) is 0 Å². The first kappa shape index (κ1) is 25.1. The van der Waals surface area contributed by atoms with Gasteiger partial charge in [-0.15, -0.1) is 0 Å². The summed E-state index contributed by atoms with van der Waals surface area (Å²) < 4.78 is 6.05. The smallest absolute Gasteiger partial charge is 0.254 e. The first-order valence-electron chi connectivity index (χ1n) is 13.2. The average Bonchev–Trinajstić information content (AvgIpc) is 3.31. The number of hydrogen-bond acceptors (Lipinski definition) is 3. The van der Waals surface area contributed by atoms with Gasteiger partial charge in [0.1, 0.15) is 12.4 Å². The van der Waals surface area contributed by atoms with Gasteiger partial charge in [0.2, 0.25) is 0 Å². The number of rotatable bonds is 9. The minimum atomic E-state index is -0.366. The van der Waals surface area contributed by atoms with Crippen molar-refractivity contribution in [2.75, 3.05) is 13.1 Å². The maximum atomic E-state index is 13.1. The number of nitrogens with zero attached hydrogens (tertiary/aromatic N) is 1. The number of fused-ring (bicyclic) bond motifs is 2. The molecule has 37 heavy (non-hydrogen) atoms. The minimum Gasteiger partial charge on any atom is -0.489 e. The van der Waals surface area contributed by atoms with Gasteiger partial charge in [-0.2, -0.15) is 0 Å². The number of benzene rings is 3. The highest BCUT2D eigenvalue weighted by molar-refractivity contribution is 5.97. The van der Waals surface area contributed by atoms with Gasteiger partial charge in [-0.1, -0.05) is 36.4 Å². The topological polar surface area (TPSA) is 71.3 Å². The van der Waals surface area contributed by atoms with Crippen LogP contribution in [0.3, 0.4) is 0 Å². The first-order valence-corrected chi connectivity index (χ1v) is 13.2. The molecule has 0 fully saturated rings. The van der Waals surface area contributed by atoms with Crippen LogP contribution in [0.1, 0.15) is 57.9 Å². The molecule has 1 atom stereocenters. The Hall–Kier alpha value is -3.57. The molecule has 1 aliphatic rings. The highest BCUT2D eigenvalue weighted by atomic mass is 16.5. The molecule has 192 valence electrons. The zero-order chi connectivity index (χ0) is 26.0. The van der Waals surface area contributed by atoms with Crippen molar-refractivity contribution >= 4 is 16.8 Å². The lowest BCUT2D eigenvalue weighted by molar-refractivity contribution is 0.0726. The number of aryl methyl sites for hydroxylation is 2. The van der Waals surface area contributed by atoms with Gasteiger partial charge in [-0.05, 0) is 98.5 Å². The molecule has 0 saturated heterocycles. The van der Waals surface area contributed by atoms with Gasteiger partial charge in [0.25, 0.3) is 5.91 Å². The fourth-order valence-electron chi connectivity index (χ4n) is 5.26. The molecular weight excluding hydrogens is 458 g/mol. The van der Waals surface area contributed by atoms with E-state index in [1.165, 1.54) is 27.6 Å². The zero-order valence-corrected chi connectivity index (χ0v) is 22.1. The van der Waals surface area contributed by atoms with Crippen LogP contribution in [0.2, 0.25) is 0 Å². The number of hydrogen-bond donors (Lipinski definition) is 2. The summed E-state index contributed by atoms with van der Waals surface area (Å²) in [5.74, 6) is 1.00. The van der Waals surface area contributed by atoms with Crippen molar-refractivity contribution in [3.8, 4) is 5.75 Å². The summed E-state index contributed by atoms with van der Waals surface area (Å²) in [4.78, 5) is 18.5. The number of H-pyrrole nitrogens is 1. The molecule has 5 heteroatoms. The van der Waals surface area contributed by atoms with Crippen LogP contribution in [0.15, 0.2) is 66.9 Å². The lowest BCUT2D eigenvalue weighted by atomic mass is 9.89. The molecule has 5 rings (SSSR count). The Morgan fingerprint density at radius 3 is 2.68 bits per heavy atom. The summed E-state index contributed by atoms with van der Waals surface area (Å²) in [7, 11) is 0.